The second kappa shape index (κ2) is 7.44. The third kappa shape index (κ3) is 4.21. The Bertz CT molecular complexity index is 677. The second-order valence-corrected chi connectivity index (χ2v) is 5.82. The van der Waals surface area contributed by atoms with E-state index in [-0.39, 0.29) is 5.75 Å². The van der Waals surface area contributed by atoms with Crippen LogP contribution in [0.1, 0.15) is 17.7 Å². The van der Waals surface area contributed by atoms with Gasteiger partial charge >= 0.3 is 0 Å². The number of nitrogens with zero attached hydrogens (tertiary/aromatic N) is 1. The van der Waals surface area contributed by atoms with E-state index in [2.05, 4.69) is 17.0 Å². The quantitative estimate of drug-likeness (QED) is 0.885. The van der Waals surface area contributed by atoms with Gasteiger partial charge < -0.3 is 14.3 Å². The van der Waals surface area contributed by atoms with Crippen LogP contribution in [0.4, 0.5) is 0 Å². The molecule has 1 aliphatic heterocycles. The molecular formula is C18H21NO4. The largest absolute Gasteiger partial charge is 0.502 e. The van der Waals surface area contributed by atoms with E-state index in [1.165, 1.54) is 11.6 Å². The van der Waals surface area contributed by atoms with Gasteiger partial charge in [0.15, 0.2) is 5.75 Å². The summed E-state index contributed by atoms with van der Waals surface area (Å²) in [6.45, 7) is 2.88. The van der Waals surface area contributed by atoms with Gasteiger partial charge in [0.1, 0.15) is 12.0 Å². The summed E-state index contributed by atoms with van der Waals surface area (Å²) in [6, 6.07) is 12.0. The predicted molar refractivity (Wildman–Crippen MR) is 86.4 cm³/mol. The molecule has 2 heterocycles. The lowest BCUT2D eigenvalue weighted by molar-refractivity contribution is 0.133. The van der Waals surface area contributed by atoms with E-state index in [1.807, 2.05) is 18.2 Å². The molecule has 3 rings (SSSR count). The average molecular weight is 315 g/mol. The first-order valence-electron chi connectivity index (χ1n) is 7.89. The van der Waals surface area contributed by atoms with Gasteiger partial charge in [-0.15, -0.1) is 0 Å². The Hall–Kier alpha value is -2.11. The molecule has 1 atom stereocenters. The minimum absolute atomic E-state index is 0.331. The van der Waals surface area contributed by atoms with Gasteiger partial charge in [0.25, 0.3) is 0 Å². The zero-order valence-electron chi connectivity index (χ0n) is 13.0. The molecule has 0 aliphatic carbocycles. The Balaban J connectivity index is 1.70. The molecule has 1 unspecified atom stereocenters. The summed E-state index contributed by atoms with van der Waals surface area (Å²) in [5, 5.41) is 9.30. The highest BCUT2D eigenvalue weighted by atomic mass is 16.5. The smallest absolute Gasteiger partial charge is 0.226 e. The van der Waals surface area contributed by atoms with Crippen molar-refractivity contribution in [3.63, 3.8) is 0 Å². The van der Waals surface area contributed by atoms with E-state index in [0.717, 1.165) is 32.3 Å². The SMILES string of the molecule is O=c1cc(CN(CCc2ccccc2)C2CCOC2)occ1O. The monoisotopic (exact) mass is 315 g/mol. The van der Waals surface area contributed by atoms with Crippen molar-refractivity contribution in [2.24, 2.45) is 0 Å². The van der Waals surface area contributed by atoms with Gasteiger partial charge in [0, 0.05) is 25.3 Å². The fourth-order valence-corrected chi connectivity index (χ4v) is 2.85. The minimum atomic E-state index is -0.406. The summed E-state index contributed by atoms with van der Waals surface area (Å²) in [6.07, 6.45) is 3.02. The topological polar surface area (TPSA) is 62.9 Å². The van der Waals surface area contributed by atoms with Gasteiger partial charge in [-0.1, -0.05) is 30.3 Å². The molecule has 0 bridgehead atoms. The van der Waals surface area contributed by atoms with Gasteiger partial charge in [-0.3, -0.25) is 9.69 Å². The van der Waals surface area contributed by atoms with Crippen LogP contribution in [0.15, 0.2) is 51.9 Å². The van der Waals surface area contributed by atoms with Gasteiger partial charge in [0.2, 0.25) is 5.43 Å². The molecule has 0 saturated carbocycles. The molecule has 0 spiro atoms. The minimum Gasteiger partial charge on any atom is -0.502 e. The highest BCUT2D eigenvalue weighted by Gasteiger charge is 2.24. The number of ether oxygens (including phenoxy) is 1. The Morgan fingerprint density at radius 1 is 1.26 bits per heavy atom. The average Bonchev–Trinajstić information content (AvgIpc) is 3.10. The molecule has 1 aliphatic rings. The molecular weight excluding hydrogens is 294 g/mol. The standard InChI is InChI=1S/C18H21NO4/c20-17-10-16(23-13-18(17)21)11-19(15-7-9-22-12-15)8-6-14-4-2-1-3-5-14/h1-5,10,13,15,21H,6-9,11-12H2. The molecule has 0 radical (unpaired) electrons. The van der Waals surface area contributed by atoms with Crippen molar-refractivity contribution in [1.82, 2.24) is 4.90 Å². The maximum atomic E-state index is 11.6. The van der Waals surface area contributed by atoms with Crippen LogP contribution < -0.4 is 5.43 Å². The van der Waals surface area contributed by atoms with Crippen molar-refractivity contribution in [3.8, 4) is 5.75 Å². The Labute approximate surface area is 135 Å². The van der Waals surface area contributed by atoms with Gasteiger partial charge in [-0.05, 0) is 18.4 Å². The highest BCUT2D eigenvalue weighted by Crippen LogP contribution is 2.17. The number of benzene rings is 1. The van der Waals surface area contributed by atoms with Crippen LogP contribution in [-0.2, 0) is 17.7 Å². The van der Waals surface area contributed by atoms with Crippen LogP contribution in [0.3, 0.4) is 0 Å². The van der Waals surface area contributed by atoms with Gasteiger partial charge in [-0.2, -0.15) is 0 Å². The van der Waals surface area contributed by atoms with E-state index in [0.29, 0.717) is 25.0 Å². The van der Waals surface area contributed by atoms with Crippen LogP contribution in [-0.4, -0.2) is 35.8 Å². The Morgan fingerprint density at radius 2 is 2.09 bits per heavy atom. The van der Waals surface area contributed by atoms with E-state index >= 15 is 0 Å². The molecule has 23 heavy (non-hydrogen) atoms. The fraction of sp³-hybridized carbons (Fsp3) is 0.389. The van der Waals surface area contributed by atoms with Crippen LogP contribution in [0.2, 0.25) is 0 Å². The lowest BCUT2D eigenvalue weighted by Gasteiger charge is -2.27. The zero-order valence-corrected chi connectivity index (χ0v) is 13.0. The van der Waals surface area contributed by atoms with Gasteiger partial charge in [0.05, 0.1) is 13.2 Å². The molecule has 5 heteroatoms. The summed E-state index contributed by atoms with van der Waals surface area (Å²) in [4.78, 5) is 13.9. The number of aromatic hydroxyl groups is 1. The maximum absolute atomic E-state index is 11.6. The normalized spacial score (nSPS) is 17.7. The summed E-state index contributed by atoms with van der Waals surface area (Å²) in [5.74, 6) is 0.210. The third-order valence-electron chi connectivity index (χ3n) is 4.18. The molecule has 5 nitrogen and oxygen atoms in total. The van der Waals surface area contributed by atoms with Crippen molar-refractivity contribution < 1.29 is 14.3 Å². The third-order valence-corrected chi connectivity index (χ3v) is 4.18. The van der Waals surface area contributed by atoms with Crippen LogP contribution >= 0.6 is 0 Å². The number of rotatable bonds is 6. The van der Waals surface area contributed by atoms with E-state index < -0.39 is 5.43 Å². The van der Waals surface area contributed by atoms with Gasteiger partial charge in [-0.25, -0.2) is 0 Å². The molecule has 1 N–H and O–H groups in total. The number of hydrogen-bond acceptors (Lipinski definition) is 5. The van der Waals surface area contributed by atoms with Crippen molar-refractivity contribution in [1.29, 1.82) is 0 Å². The lowest BCUT2D eigenvalue weighted by atomic mass is 10.1. The fourth-order valence-electron chi connectivity index (χ4n) is 2.85. The Morgan fingerprint density at radius 3 is 2.78 bits per heavy atom. The highest BCUT2D eigenvalue weighted by molar-refractivity contribution is 5.16. The van der Waals surface area contributed by atoms with Crippen LogP contribution in [0, 0.1) is 0 Å². The lowest BCUT2D eigenvalue weighted by Crippen LogP contribution is -2.37. The molecule has 1 aromatic heterocycles. The van der Waals surface area contributed by atoms with Crippen LogP contribution in [0.5, 0.6) is 5.75 Å². The second-order valence-electron chi connectivity index (χ2n) is 5.82. The van der Waals surface area contributed by atoms with Crippen molar-refractivity contribution in [3.05, 3.63) is 64.2 Å². The zero-order chi connectivity index (χ0) is 16.1. The molecule has 1 saturated heterocycles. The van der Waals surface area contributed by atoms with Crippen molar-refractivity contribution in [2.45, 2.75) is 25.4 Å². The maximum Gasteiger partial charge on any atom is 0.226 e. The molecule has 1 fully saturated rings. The molecule has 2 aromatic rings. The summed E-state index contributed by atoms with van der Waals surface area (Å²) in [5.41, 5.74) is 0.875. The Kier molecular flexibility index (Phi) is 5.10. The molecule has 0 amide bonds. The number of hydrogen-bond donors (Lipinski definition) is 1. The molecule has 1 aromatic carbocycles. The van der Waals surface area contributed by atoms with Crippen molar-refractivity contribution >= 4 is 0 Å². The van der Waals surface area contributed by atoms with Crippen molar-refractivity contribution in [2.75, 3.05) is 19.8 Å². The van der Waals surface area contributed by atoms with E-state index in [9.17, 15) is 9.90 Å². The van der Waals surface area contributed by atoms with E-state index in [1.54, 1.807) is 0 Å². The molecule has 122 valence electrons. The first-order chi connectivity index (χ1) is 11.2. The summed E-state index contributed by atoms with van der Waals surface area (Å²) in [7, 11) is 0. The predicted octanol–water partition coefficient (Wildman–Crippen LogP) is 2.18. The summed E-state index contributed by atoms with van der Waals surface area (Å²) < 4.78 is 10.8. The van der Waals surface area contributed by atoms with E-state index in [4.69, 9.17) is 9.15 Å². The first kappa shape index (κ1) is 15.8. The summed E-state index contributed by atoms with van der Waals surface area (Å²) >= 11 is 0. The van der Waals surface area contributed by atoms with Crippen LogP contribution in [0.25, 0.3) is 0 Å². The first-order valence-corrected chi connectivity index (χ1v) is 7.89.